The van der Waals surface area contributed by atoms with E-state index in [0.717, 1.165) is 5.56 Å². The Bertz CT molecular complexity index is 446. The minimum Gasteiger partial charge on any atom is -0.469 e. The zero-order chi connectivity index (χ0) is 14.4. The van der Waals surface area contributed by atoms with Crippen molar-refractivity contribution in [2.45, 2.75) is 31.7 Å². The summed E-state index contributed by atoms with van der Waals surface area (Å²) in [6, 6.07) is 5.92. The first-order valence-electron chi connectivity index (χ1n) is 5.95. The van der Waals surface area contributed by atoms with Crippen LogP contribution in [0.3, 0.4) is 0 Å². The molecule has 1 aromatic carbocycles. The quantitative estimate of drug-likeness (QED) is 0.457. The summed E-state index contributed by atoms with van der Waals surface area (Å²) < 4.78 is 4.61. The lowest BCUT2D eigenvalue weighted by Gasteiger charge is -2.19. The van der Waals surface area contributed by atoms with Crippen molar-refractivity contribution in [2.24, 2.45) is 0 Å². The van der Waals surface area contributed by atoms with Gasteiger partial charge in [-0.2, -0.15) is 0 Å². The Morgan fingerprint density at radius 1 is 1.42 bits per heavy atom. The van der Waals surface area contributed by atoms with Crippen LogP contribution in [0.5, 0.6) is 0 Å². The van der Waals surface area contributed by atoms with Crippen molar-refractivity contribution in [1.29, 1.82) is 0 Å². The number of nitro groups is 1. The van der Waals surface area contributed by atoms with Crippen molar-refractivity contribution in [2.75, 3.05) is 7.11 Å². The molecule has 5 nitrogen and oxygen atoms in total. The molecule has 0 saturated carbocycles. The van der Waals surface area contributed by atoms with Crippen LogP contribution in [0.15, 0.2) is 24.3 Å². The number of methoxy groups -OCH3 is 1. The summed E-state index contributed by atoms with van der Waals surface area (Å²) in [4.78, 5) is 22.2. The Balaban J connectivity index is 3.06. The third-order valence-electron chi connectivity index (χ3n) is 3.07. The molecule has 0 saturated heterocycles. The summed E-state index contributed by atoms with van der Waals surface area (Å²) in [6.07, 6.45) is 0.328. The fraction of sp³-hybridized carbons (Fsp3) is 0.462. The summed E-state index contributed by atoms with van der Waals surface area (Å²) in [5, 5.41) is 11.7. The molecule has 1 rings (SSSR count). The number of halogens is 1. The molecule has 0 aromatic heterocycles. The van der Waals surface area contributed by atoms with Crippen LogP contribution in [-0.2, 0) is 9.53 Å². The largest absolute Gasteiger partial charge is 0.469 e. The van der Waals surface area contributed by atoms with Crippen molar-refractivity contribution < 1.29 is 14.5 Å². The van der Waals surface area contributed by atoms with Gasteiger partial charge in [-0.05, 0) is 17.7 Å². The Hall–Kier alpha value is -1.62. The molecule has 0 amide bonds. The van der Waals surface area contributed by atoms with Crippen LogP contribution < -0.4 is 0 Å². The highest BCUT2D eigenvalue weighted by Gasteiger charge is 2.33. The Morgan fingerprint density at radius 3 is 2.42 bits per heavy atom. The highest BCUT2D eigenvalue weighted by molar-refractivity contribution is 6.30. The zero-order valence-electron chi connectivity index (χ0n) is 10.8. The predicted octanol–water partition coefficient (Wildman–Crippen LogP) is 3.04. The van der Waals surface area contributed by atoms with E-state index in [1.807, 2.05) is 0 Å². The number of hydrogen-bond acceptors (Lipinski definition) is 4. The van der Waals surface area contributed by atoms with Crippen LogP contribution in [0.1, 0.15) is 31.2 Å². The van der Waals surface area contributed by atoms with Crippen LogP contribution in [-0.4, -0.2) is 24.0 Å². The molecule has 19 heavy (non-hydrogen) atoms. The normalized spacial score (nSPS) is 13.6. The molecule has 0 spiro atoms. The molecule has 0 heterocycles. The summed E-state index contributed by atoms with van der Waals surface area (Å²) in [6.45, 7) is 1.73. The van der Waals surface area contributed by atoms with Gasteiger partial charge in [0.15, 0.2) is 0 Å². The average Bonchev–Trinajstić information content (AvgIpc) is 2.38. The second-order valence-electron chi connectivity index (χ2n) is 4.20. The van der Waals surface area contributed by atoms with E-state index in [2.05, 4.69) is 4.74 Å². The molecular weight excluding hydrogens is 270 g/mol. The van der Waals surface area contributed by atoms with Crippen LogP contribution in [0, 0.1) is 10.1 Å². The van der Waals surface area contributed by atoms with Crippen LogP contribution in [0.4, 0.5) is 0 Å². The summed E-state index contributed by atoms with van der Waals surface area (Å²) in [7, 11) is 1.27. The maximum Gasteiger partial charge on any atom is 0.306 e. The first kappa shape index (κ1) is 15.4. The van der Waals surface area contributed by atoms with E-state index in [0.29, 0.717) is 11.4 Å². The van der Waals surface area contributed by atoms with Gasteiger partial charge in [0.25, 0.3) is 0 Å². The van der Waals surface area contributed by atoms with Gasteiger partial charge in [0.1, 0.15) is 0 Å². The number of carbonyl (C=O) groups excluding carboxylic acids is 1. The number of carbonyl (C=O) groups is 1. The molecule has 1 aromatic rings. The standard InChI is InChI=1S/C13H16ClNO4/c1-3-12(15(17)18)11(8-13(16)19-2)9-4-6-10(14)7-5-9/h4-7,11-12H,3,8H2,1-2H3. The van der Waals surface area contributed by atoms with Gasteiger partial charge >= 0.3 is 5.97 Å². The lowest BCUT2D eigenvalue weighted by Crippen LogP contribution is -2.29. The third-order valence-corrected chi connectivity index (χ3v) is 3.32. The molecule has 2 atom stereocenters. The Labute approximate surface area is 116 Å². The van der Waals surface area contributed by atoms with Crippen molar-refractivity contribution in [3.05, 3.63) is 45.0 Å². The fourth-order valence-corrected chi connectivity index (χ4v) is 2.16. The molecule has 6 heteroatoms. The zero-order valence-corrected chi connectivity index (χ0v) is 11.6. The predicted molar refractivity (Wildman–Crippen MR) is 71.9 cm³/mol. The number of esters is 1. The van der Waals surface area contributed by atoms with E-state index < -0.39 is 17.9 Å². The highest BCUT2D eigenvalue weighted by atomic mass is 35.5. The third kappa shape index (κ3) is 4.21. The topological polar surface area (TPSA) is 69.4 Å². The molecule has 0 bridgehead atoms. The lowest BCUT2D eigenvalue weighted by atomic mass is 9.87. The molecule has 0 aliphatic rings. The van der Waals surface area contributed by atoms with E-state index in [4.69, 9.17) is 11.6 Å². The molecule has 0 aliphatic heterocycles. The van der Waals surface area contributed by atoms with E-state index in [1.54, 1.807) is 31.2 Å². The monoisotopic (exact) mass is 285 g/mol. The SMILES string of the molecule is CCC(C(CC(=O)OC)c1ccc(Cl)cc1)[N+](=O)[O-]. The maximum atomic E-state index is 11.4. The number of nitrogens with zero attached hydrogens (tertiary/aromatic N) is 1. The molecule has 0 fully saturated rings. The van der Waals surface area contributed by atoms with Crippen LogP contribution in [0.2, 0.25) is 5.02 Å². The van der Waals surface area contributed by atoms with Gasteiger partial charge in [0, 0.05) is 16.4 Å². The lowest BCUT2D eigenvalue weighted by molar-refractivity contribution is -0.527. The van der Waals surface area contributed by atoms with Gasteiger partial charge in [-0.25, -0.2) is 0 Å². The van der Waals surface area contributed by atoms with Gasteiger partial charge in [-0.3, -0.25) is 14.9 Å². The highest BCUT2D eigenvalue weighted by Crippen LogP contribution is 2.28. The van der Waals surface area contributed by atoms with Crippen molar-refractivity contribution in [3.8, 4) is 0 Å². The summed E-state index contributed by atoms with van der Waals surface area (Å²) >= 11 is 5.80. The number of rotatable bonds is 6. The van der Waals surface area contributed by atoms with Crippen molar-refractivity contribution in [1.82, 2.24) is 0 Å². The average molecular weight is 286 g/mol. The molecular formula is C13H16ClNO4. The minimum atomic E-state index is -0.819. The van der Waals surface area contributed by atoms with Gasteiger partial charge in [0.05, 0.1) is 19.4 Å². The summed E-state index contributed by atoms with van der Waals surface area (Å²) in [5.74, 6) is -0.968. The first-order chi connectivity index (χ1) is 8.99. The molecule has 0 radical (unpaired) electrons. The Kier molecular flexibility index (Phi) is 5.76. The van der Waals surface area contributed by atoms with Gasteiger partial charge in [-0.1, -0.05) is 30.7 Å². The summed E-state index contributed by atoms with van der Waals surface area (Å²) in [5.41, 5.74) is 0.721. The van der Waals surface area contributed by atoms with Crippen LogP contribution >= 0.6 is 11.6 Å². The van der Waals surface area contributed by atoms with E-state index in [-0.39, 0.29) is 11.3 Å². The van der Waals surface area contributed by atoms with E-state index in [1.165, 1.54) is 7.11 Å². The van der Waals surface area contributed by atoms with Gasteiger partial charge in [-0.15, -0.1) is 0 Å². The molecule has 2 unspecified atom stereocenters. The van der Waals surface area contributed by atoms with Crippen molar-refractivity contribution >= 4 is 17.6 Å². The fourth-order valence-electron chi connectivity index (χ4n) is 2.03. The maximum absolute atomic E-state index is 11.4. The molecule has 0 N–H and O–H groups in total. The number of ether oxygens (including phenoxy) is 1. The van der Waals surface area contributed by atoms with E-state index >= 15 is 0 Å². The smallest absolute Gasteiger partial charge is 0.306 e. The molecule has 104 valence electrons. The van der Waals surface area contributed by atoms with Gasteiger partial charge < -0.3 is 4.74 Å². The van der Waals surface area contributed by atoms with E-state index in [9.17, 15) is 14.9 Å². The van der Waals surface area contributed by atoms with Crippen LogP contribution in [0.25, 0.3) is 0 Å². The number of hydrogen-bond donors (Lipinski definition) is 0. The molecule has 0 aliphatic carbocycles. The second kappa shape index (κ2) is 7.09. The first-order valence-corrected chi connectivity index (χ1v) is 6.33. The Morgan fingerprint density at radius 2 is 2.00 bits per heavy atom. The van der Waals surface area contributed by atoms with Gasteiger partial charge in [0.2, 0.25) is 6.04 Å². The van der Waals surface area contributed by atoms with Crippen molar-refractivity contribution in [3.63, 3.8) is 0 Å². The minimum absolute atomic E-state index is 0.0163. The second-order valence-corrected chi connectivity index (χ2v) is 4.64. The number of benzene rings is 1.